The van der Waals surface area contributed by atoms with Crippen LogP contribution in [-0.4, -0.2) is 14.1 Å². The highest BCUT2D eigenvalue weighted by atomic mass is 15.1. The van der Waals surface area contributed by atoms with Crippen molar-refractivity contribution in [3.05, 3.63) is 95.6 Å². The fraction of sp³-hybridized carbons (Fsp3) is 0.342. The molecule has 0 unspecified atom stereocenters. The first kappa shape index (κ1) is 27.3. The molecule has 6 aromatic rings. The first-order valence-electron chi connectivity index (χ1n) is 15.2. The van der Waals surface area contributed by atoms with Crippen molar-refractivity contribution in [2.45, 2.75) is 80.2 Å². The summed E-state index contributed by atoms with van der Waals surface area (Å²) in [7, 11) is 0. The summed E-state index contributed by atoms with van der Waals surface area (Å²) in [6.45, 7) is 19.3. The van der Waals surface area contributed by atoms with Gasteiger partial charge in [-0.15, -0.1) is 0 Å². The molecule has 210 valence electrons. The normalized spacial score (nSPS) is 12.5. The number of imidazole rings is 1. The zero-order valence-corrected chi connectivity index (χ0v) is 25.9. The highest BCUT2D eigenvalue weighted by molar-refractivity contribution is 6.09. The van der Waals surface area contributed by atoms with E-state index in [1.807, 2.05) is 0 Å². The lowest BCUT2D eigenvalue weighted by Gasteiger charge is -2.22. The van der Waals surface area contributed by atoms with Crippen LogP contribution in [0.5, 0.6) is 0 Å². The first-order valence-corrected chi connectivity index (χ1v) is 15.2. The molecule has 2 heterocycles. The van der Waals surface area contributed by atoms with Gasteiger partial charge in [-0.3, -0.25) is 4.57 Å². The summed E-state index contributed by atoms with van der Waals surface area (Å²) in [6, 6.07) is 29.4. The number of aromatic nitrogens is 3. The van der Waals surface area contributed by atoms with E-state index in [-0.39, 0.29) is 5.41 Å². The Morgan fingerprint density at radius 2 is 1.34 bits per heavy atom. The van der Waals surface area contributed by atoms with Crippen LogP contribution in [0.15, 0.2) is 78.9 Å². The smallest absolute Gasteiger partial charge is 0.145 e. The highest BCUT2D eigenvalue weighted by Crippen LogP contribution is 2.39. The van der Waals surface area contributed by atoms with E-state index < -0.39 is 0 Å². The minimum Gasteiger partial charge on any atom is -0.341 e. The van der Waals surface area contributed by atoms with Gasteiger partial charge in [-0.1, -0.05) is 84.9 Å². The maximum atomic E-state index is 5.30. The molecule has 0 spiro atoms. The number of fused-ring (bicyclic) bond motifs is 4. The summed E-state index contributed by atoms with van der Waals surface area (Å²) >= 11 is 0. The van der Waals surface area contributed by atoms with Crippen LogP contribution in [0.4, 0.5) is 0 Å². The van der Waals surface area contributed by atoms with Gasteiger partial charge < -0.3 is 4.57 Å². The van der Waals surface area contributed by atoms with Gasteiger partial charge in [-0.25, -0.2) is 4.98 Å². The van der Waals surface area contributed by atoms with Crippen molar-refractivity contribution in [3.8, 4) is 17.1 Å². The summed E-state index contributed by atoms with van der Waals surface area (Å²) in [5.74, 6) is 1.79. The van der Waals surface area contributed by atoms with Crippen molar-refractivity contribution in [1.29, 1.82) is 0 Å². The zero-order chi connectivity index (χ0) is 29.1. The quantitative estimate of drug-likeness (QED) is 0.206. The van der Waals surface area contributed by atoms with E-state index in [0.29, 0.717) is 11.8 Å². The lowest BCUT2D eigenvalue weighted by molar-refractivity contribution is 0.411. The molecule has 0 atom stereocenters. The maximum Gasteiger partial charge on any atom is 0.145 e. The Morgan fingerprint density at radius 1 is 0.707 bits per heavy atom. The number of para-hydroxylation sites is 3. The summed E-state index contributed by atoms with van der Waals surface area (Å²) in [6.07, 6.45) is 1.06. The van der Waals surface area contributed by atoms with Crippen LogP contribution in [0.25, 0.3) is 49.9 Å². The minimum atomic E-state index is 0.241. The van der Waals surface area contributed by atoms with E-state index in [1.165, 1.54) is 44.2 Å². The van der Waals surface area contributed by atoms with Crippen molar-refractivity contribution < 1.29 is 0 Å². The fourth-order valence-electron chi connectivity index (χ4n) is 6.57. The van der Waals surface area contributed by atoms with Gasteiger partial charge in [0.25, 0.3) is 0 Å². The predicted molar refractivity (Wildman–Crippen MR) is 177 cm³/mol. The molecule has 3 nitrogen and oxygen atoms in total. The van der Waals surface area contributed by atoms with Gasteiger partial charge in [-0.05, 0) is 89.8 Å². The third-order valence-corrected chi connectivity index (χ3v) is 8.37. The molecule has 0 saturated carbocycles. The summed E-state index contributed by atoms with van der Waals surface area (Å²) in [5, 5.41) is 2.63. The largest absolute Gasteiger partial charge is 0.341 e. The van der Waals surface area contributed by atoms with Crippen molar-refractivity contribution in [2.24, 2.45) is 5.41 Å². The molecule has 4 aromatic carbocycles. The minimum absolute atomic E-state index is 0.241. The van der Waals surface area contributed by atoms with Gasteiger partial charge >= 0.3 is 0 Å². The zero-order valence-electron chi connectivity index (χ0n) is 25.9. The summed E-state index contributed by atoms with van der Waals surface area (Å²) in [4.78, 5) is 5.30. The first-order chi connectivity index (χ1) is 19.6. The lowest BCUT2D eigenvalue weighted by atomic mass is 9.88. The molecular formula is C38H43N3. The Balaban J connectivity index is 1.66. The van der Waals surface area contributed by atoms with E-state index in [2.05, 4.69) is 143 Å². The van der Waals surface area contributed by atoms with Crippen LogP contribution in [0.2, 0.25) is 0 Å². The average Bonchev–Trinajstić information content (AvgIpc) is 3.46. The van der Waals surface area contributed by atoms with E-state index in [0.717, 1.165) is 35.4 Å². The predicted octanol–water partition coefficient (Wildman–Crippen LogP) is 10.7. The topological polar surface area (TPSA) is 22.8 Å². The van der Waals surface area contributed by atoms with Crippen LogP contribution in [0.1, 0.15) is 83.9 Å². The van der Waals surface area contributed by atoms with Gasteiger partial charge in [0, 0.05) is 33.9 Å². The Labute approximate surface area is 244 Å². The third-order valence-electron chi connectivity index (χ3n) is 8.37. The Bertz CT molecular complexity index is 1860. The molecule has 3 heteroatoms. The molecule has 0 radical (unpaired) electrons. The van der Waals surface area contributed by atoms with Gasteiger partial charge in [0.05, 0.1) is 16.7 Å². The van der Waals surface area contributed by atoms with E-state index in [4.69, 9.17) is 4.98 Å². The molecule has 0 aliphatic rings. The third kappa shape index (κ3) is 4.76. The molecule has 6 rings (SSSR count). The van der Waals surface area contributed by atoms with Crippen LogP contribution in [-0.2, 0) is 13.0 Å². The molecule has 0 N–H and O–H groups in total. The second-order valence-corrected chi connectivity index (χ2v) is 13.4. The monoisotopic (exact) mass is 541 g/mol. The standard InChI is InChI=1S/C38H43N3/c1-9-40-33-19-17-26(23-38(6,7)8)21-30(33)31-22-27(18-20-34(31)40)37-39-32-15-10-11-16-35(32)41(37)36-28(24(2)3)13-12-14-29(36)25(4)5/h10-22,24-25H,9,23H2,1-8H3. The maximum absolute atomic E-state index is 5.30. The van der Waals surface area contributed by atoms with Crippen LogP contribution in [0.3, 0.4) is 0 Å². The van der Waals surface area contributed by atoms with Crippen molar-refractivity contribution in [1.82, 2.24) is 14.1 Å². The number of aryl methyl sites for hydroxylation is 1. The number of nitrogens with zero attached hydrogens (tertiary/aromatic N) is 3. The molecule has 0 saturated heterocycles. The second kappa shape index (κ2) is 10.2. The molecule has 2 aromatic heterocycles. The Kier molecular flexibility index (Phi) is 6.80. The van der Waals surface area contributed by atoms with E-state index in [9.17, 15) is 0 Å². The van der Waals surface area contributed by atoms with Gasteiger partial charge in [0.1, 0.15) is 5.82 Å². The number of hydrogen-bond donors (Lipinski definition) is 0. The number of hydrogen-bond acceptors (Lipinski definition) is 1. The number of benzene rings is 4. The van der Waals surface area contributed by atoms with E-state index in [1.54, 1.807) is 0 Å². The summed E-state index contributed by atoms with van der Waals surface area (Å²) < 4.78 is 4.88. The number of rotatable bonds is 6. The molecule has 41 heavy (non-hydrogen) atoms. The molecule has 0 aliphatic carbocycles. The van der Waals surface area contributed by atoms with Gasteiger partial charge in [0.2, 0.25) is 0 Å². The Morgan fingerprint density at radius 3 is 1.98 bits per heavy atom. The van der Waals surface area contributed by atoms with Crippen LogP contribution in [0, 0.1) is 5.41 Å². The SMILES string of the molecule is CCn1c2ccc(CC(C)(C)C)cc2c2cc(-c3nc4ccccc4n3-c3c(C(C)C)cccc3C(C)C)ccc21. The molecule has 0 aliphatic heterocycles. The Hall–Kier alpha value is -3.85. The van der Waals surface area contributed by atoms with Gasteiger partial charge in [0.15, 0.2) is 0 Å². The molecular weight excluding hydrogens is 498 g/mol. The molecule has 0 amide bonds. The summed E-state index contributed by atoms with van der Waals surface area (Å²) in [5.41, 5.74) is 11.6. The lowest BCUT2D eigenvalue weighted by Crippen LogP contribution is -2.08. The van der Waals surface area contributed by atoms with Gasteiger partial charge in [-0.2, -0.15) is 0 Å². The molecule has 0 bridgehead atoms. The highest BCUT2D eigenvalue weighted by Gasteiger charge is 2.23. The second-order valence-electron chi connectivity index (χ2n) is 13.4. The average molecular weight is 542 g/mol. The van der Waals surface area contributed by atoms with Crippen LogP contribution < -0.4 is 0 Å². The van der Waals surface area contributed by atoms with Crippen molar-refractivity contribution >= 4 is 32.8 Å². The van der Waals surface area contributed by atoms with Crippen molar-refractivity contribution in [2.75, 3.05) is 0 Å². The van der Waals surface area contributed by atoms with Crippen LogP contribution >= 0.6 is 0 Å². The van der Waals surface area contributed by atoms with Crippen molar-refractivity contribution in [3.63, 3.8) is 0 Å². The fourth-order valence-corrected chi connectivity index (χ4v) is 6.57. The van der Waals surface area contributed by atoms with E-state index >= 15 is 0 Å². The molecule has 0 fully saturated rings.